The number of rotatable bonds is 13. The van der Waals surface area contributed by atoms with E-state index < -0.39 is 0 Å². The second kappa shape index (κ2) is 16.0. The van der Waals surface area contributed by atoms with Crippen LogP contribution < -0.4 is 0 Å². The van der Waals surface area contributed by atoms with Crippen molar-refractivity contribution in [1.82, 2.24) is 0 Å². The third-order valence-corrected chi connectivity index (χ3v) is 4.96. The summed E-state index contributed by atoms with van der Waals surface area (Å²) < 4.78 is 11.3. The summed E-state index contributed by atoms with van der Waals surface area (Å²) in [5.74, 6) is 7.57. The van der Waals surface area contributed by atoms with Crippen LogP contribution in [0.2, 0.25) is 0 Å². The normalized spacial score (nSPS) is 18.8. The quantitative estimate of drug-likeness (QED) is 0.283. The van der Waals surface area contributed by atoms with Crippen LogP contribution in [0.1, 0.15) is 104 Å². The largest absolute Gasteiger partial charge is 0.353 e. The lowest BCUT2D eigenvalue weighted by molar-refractivity contribution is -0.162. The summed E-state index contributed by atoms with van der Waals surface area (Å²) in [5, 5.41) is 0. The summed E-state index contributed by atoms with van der Waals surface area (Å²) in [6.07, 6.45) is 17.4. The highest BCUT2D eigenvalue weighted by atomic mass is 16.7. The predicted molar refractivity (Wildman–Crippen MR) is 103 cm³/mol. The van der Waals surface area contributed by atoms with Gasteiger partial charge >= 0.3 is 0 Å². The Bertz CT molecular complexity index is 323. The molecule has 0 aliphatic carbocycles. The van der Waals surface area contributed by atoms with E-state index in [1.165, 1.54) is 70.6 Å². The number of hydrogen-bond acceptors (Lipinski definition) is 2. The van der Waals surface area contributed by atoms with E-state index in [0.717, 1.165) is 38.4 Å². The van der Waals surface area contributed by atoms with Crippen LogP contribution in [0.5, 0.6) is 0 Å². The zero-order valence-corrected chi connectivity index (χ0v) is 16.3. The molecular weight excluding hydrogens is 296 g/mol. The Morgan fingerprint density at radius 2 is 1.67 bits per heavy atom. The molecule has 1 unspecified atom stereocenters. The molecule has 2 heteroatoms. The molecule has 0 aromatic heterocycles. The van der Waals surface area contributed by atoms with E-state index in [-0.39, 0.29) is 6.29 Å². The van der Waals surface area contributed by atoms with Crippen molar-refractivity contribution in [3.8, 4) is 11.8 Å². The minimum absolute atomic E-state index is 0.0826. The fraction of sp³-hybridized carbons (Fsp3) is 0.909. The van der Waals surface area contributed by atoms with Crippen LogP contribution in [0.3, 0.4) is 0 Å². The van der Waals surface area contributed by atoms with Crippen LogP contribution in [0.15, 0.2) is 0 Å². The molecule has 0 aromatic carbocycles. The summed E-state index contributed by atoms with van der Waals surface area (Å²) in [6.45, 7) is 6.37. The maximum atomic E-state index is 5.75. The summed E-state index contributed by atoms with van der Waals surface area (Å²) in [4.78, 5) is 0. The monoisotopic (exact) mass is 336 g/mol. The van der Waals surface area contributed by atoms with Crippen molar-refractivity contribution in [3.05, 3.63) is 0 Å². The SMILES string of the molecule is CC[C@H](C)CCCCC#CCCCCCCCOC1CCCCO1. The van der Waals surface area contributed by atoms with Crippen LogP contribution >= 0.6 is 0 Å². The Morgan fingerprint density at radius 3 is 2.38 bits per heavy atom. The van der Waals surface area contributed by atoms with E-state index in [9.17, 15) is 0 Å². The molecule has 1 fully saturated rings. The molecule has 1 rings (SSSR count). The van der Waals surface area contributed by atoms with Crippen LogP contribution in [0.25, 0.3) is 0 Å². The fourth-order valence-corrected chi connectivity index (χ4v) is 2.99. The van der Waals surface area contributed by atoms with Gasteiger partial charge in [-0.2, -0.15) is 0 Å². The lowest BCUT2D eigenvalue weighted by Crippen LogP contribution is -2.22. The van der Waals surface area contributed by atoms with Gasteiger partial charge in [-0.25, -0.2) is 0 Å². The van der Waals surface area contributed by atoms with Gasteiger partial charge in [0, 0.05) is 26.1 Å². The van der Waals surface area contributed by atoms with E-state index in [1.54, 1.807) is 0 Å². The maximum absolute atomic E-state index is 5.75. The van der Waals surface area contributed by atoms with Gasteiger partial charge in [0.05, 0.1) is 0 Å². The first kappa shape index (κ1) is 21.5. The molecule has 2 atom stereocenters. The van der Waals surface area contributed by atoms with Gasteiger partial charge in [0.25, 0.3) is 0 Å². The van der Waals surface area contributed by atoms with Crippen molar-refractivity contribution in [3.63, 3.8) is 0 Å². The number of ether oxygens (including phenoxy) is 2. The van der Waals surface area contributed by atoms with Gasteiger partial charge in [-0.05, 0) is 44.4 Å². The molecule has 1 aliphatic rings. The van der Waals surface area contributed by atoms with Crippen molar-refractivity contribution in [2.45, 2.75) is 110 Å². The minimum Gasteiger partial charge on any atom is -0.353 e. The van der Waals surface area contributed by atoms with Crippen molar-refractivity contribution in [2.75, 3.05) is 13.2 Å². The summed E-state index contributed by atoms with van der Waals surface area (Å²) in [7, 11) is 0. The van der Waals surface area contributed by atoms with Gasteiger partial charge in [-0.3, -0.25) is 0 Å². The van der Waals surface area contributed by atoms with Crippen molar-refractivity contribution in [1.29, 1.82) is 0 Å². The smallest absolute Gasteiger partial charge is 0.157 e. The Labute approximate surface area is 151 Å². The molecule has 0 saturated carbocycles. The molecule has 0 amide bonds. The minimum atomic E-state index is 0.0826. The van der Waals surface area contributed by atoms with E-state index in [1.807, 2.05) is 0 Å². The van der Waals surface area contributed by atoms with Gasteiger partial charge in [0.2, 0.25) is 0 Å². The van der Waals surface area contributed by atoms with Crippen molar-refractivity contribution >= 4 is 0 Å². The molecule has 2 nitrogen and oxygen atoms in total. The number of hydrogen-bond donors (Lipinski definition) is 0. The first-order valence-corrected chi connectivity index (χ1v) is 10.5. The summed E-state index contributed by atoms with van der Waals surface area (Å²) in [5.41, 5.74) is 0. The third-order valence-electron chi connectivity index (χ3n) is 4.96. The van der Waals surface area contributed by atoms with E-state index in [0.29, 0.717) is 0 Å². The molecule has 1 heterocycles. The van der Waals surface area contributed by atoms with Crippen LogP contribution in [-0.2, 0) is 9.47 Å². The van der Waals surface area contributed by atoms with Crippen molar-refractivity contribution < 1.29 is 9.47 Å². The zero-order valence-electron chi connectivity index (χ0n) is 16.3. The van der Waals surface area contributed by atoms with E-state index >= 15 is 0 Å². The van der Waals surface area contributed by atoms with Crippen LogP contribution in [0, 0.1) is 17.8 Å². The van der Waals surface area contributed by atoms with Gasteiger partial charge in [0.1, 0.15) is 0 Å². The molecule has 0 aromatic rings. The summed E-state index contributed by atoms with van der Waals surface area (Å²) >= 11 is 0. The van der Waals surface area contributed by atoms with Crippen LogP contribution in [0.4, 0.5) is 0 Å². The van der Waals surface area contributed by atoms with Crippen molar-refractivity contribution in [2.24, 2.45) is 5.92 Å². The van der Waals surface area contributed by atoms with Gasteiger partial charge in [-0.1, -0.05) is 52.4 Å². The molecule has 1 saturated heterocycles. The Hall–Kier alpha value is -0.520. The Balaban J connectivity index is 1.76. The molecule has 24 heavy (non-hydrogen) atoms. The second-order valence-corrected chi connectivity index (χ2v) is 7.30. The fourth-order valence-electron chi connectivity index (χ4n) is 2.99. The maximum Gasteiger partial charge on any atom is 0.157 e. The first-order valence-electron chi connectivity index (χ1n) is 10.5. The Morgan fingerprint density at radius 1 is 0.958 bits per heavy atom. The molecular formula is C22H40O2. The van der Waals surface area contributed by atoms with E-state index in [4.69, 9.17) is 9.47 Å². The second-order valence-electron chi connectivity index (χ2n) is 7.30. The third kappa shape index (κ3) is 12.8. The highest BCUT2D eigenvalue weighted by Gasteiger charge is 2.13. The lowest BCUT2D eigenvalue weighted by atomic mass is 10.0. The molecule has 1 aliphatic heterocycles. The summed E-state index contributed by atoms with van der Waals surface area (Å²) in [6, 6.07) is 0. The highest BCUT2D eigenvalue weighted by molar-refractivity contribution is 4.98. The lowest BCUT2D eigenvalue weighted by Gasteiger charge is -2.22. The predicted octanol–water partition coefficient (Wildman–Crippen LogP) is 6.48. The number of unbranched alkanes of at least 4 members (excludes halogenated alkanes) is 7. The van der Waals surface area contributed by atoms with E-state index in [2.05, 4.69) is 25.7 Å². The molecule has 0 bridgehead atoms. The molecule has 140 valence electrons. The topological polar surface area (TPSA) is 18.5 Å². The highest BCUT2D eigenvalue weighted by Crippen LogP contribution is 2.14. The average molecular weight is 337 g/mol. The van der Waals surface area contributed by atoms with Gasteiger partial charge in [0.15, 0.2) is 6.29 Å². The van der Waals surface area contributed by atoms with Crippen LogP contribution in [-0.4, -0.2) is 19.5 Å². The molecule has 0 N–H and O–H groups in total. The van der Waals surface area contributed by atoms with Gasteiger partial charge < -0.3 is 9.47 Å². The average Bonchev–Trinajstić information content (AvgIpc) is 2.62. The molecule has 0 spiro atoms. The Kier molecular flexibility index (Phi) is 14.3. The first-order chi connectivity index (χ1) is 11.8. The van der Waals surface area contributed by atoms with Gasteiger partial charge in [-0.15, -0.1) is 11.8 Å². The standard InChI is InChI=1S/C22H40O2/c1-3-21(2)17-13-11-9-7-5-4-6-8-10-12-15-19-23-22-18-14-16-20-24-22/h21-22H,3-4,6,8-20H2,1-2H3/t21-,22?/m0/s1. The molecule has 0 radical (unpaired) electrons. The zero-order chi connectivity index (χ0) is 17.3.